The Morgan fingerprint density at radius 2 is 1.39 bits per heavy atom. The van der Waals surface area contributed by atoms with Crippen LogP contribution in [0.1, 0.15) is 66.9 Å². The smallest absolute Gasteiger partial charge is 0.167 e. The second kappa shape index (κ2) is 10.4. The lowest BCUT2D eigenvalue weighted by Crippen LogP contribution is -2.14. The number of ether oxygens (including phenoxy) is 1. The van der Waals surface area contributed by atoms with Crippen molar-refractivity contribution >= 4 is 12.2 Å². The van der Waals surface area contributed by atoms with Crippen molar-refractivity contribution in [3.8, 4) is 11.1 Å². The summed E-state index contributed by atoms with van der Waals surface area (Å²) in [7, 11) is 0. The predicted octanol–water partition coefficient (Wildman–Crippen LogP) is 9.00. The van der Waals surface area contributed by atoms with Gasteiger partial charge in [0.05, 0.1) is 6.61 Å². The Hall–Kier alpha value is -3.18. The third kappa shape index (κ3) is 5.03. The maximum absolute atomic E-state index is 14.9. The van der Waals surface area contributed by atoms with Gasteiger partial charge in [-0.2, -0.15) is 0 Å². The fourth-order valence-corrected chi connectivity index (χ4v) is 5.12. The van der Waals surface area contributed by atoms with Crippen molar-refractivity contribution < 1.29 is 22.3 Å². The first kappa shape index (κ1) is 24.5. The van der Waals surface area contributed by atoms with Gasteiger partial charge in [-0.05, 0) is 61.1 Å². The second-order valence-electron chi connectivity index (χ2n) is 9.62. The Bertz CT molecular complexity index is 1300. The van der Waals surface area contributed by atoms with Crippen molar-refractivity contribution in [2.75, 3.05) is 6.61 Å². The number of hydrogen-bond acceptors (Lipinski definition) is 1. The normalized spacial score (nSPS) is 22.0. The molecule has 2 fully saturated rings. The number of hydrogen-bond donors (Lipinski definition) is 0. The summed E-state index contributed by atoms with van der Waals surface area (Å²) in [6.45, 7) is 2.36. The summed E-state index contributed by atoms with van der Waals surface area (Å²) in [6, 6.07) is 13.8. The van der Waals surface area contributed by atoms with Crippen LogP contribution in [0.25, 0.3) is 23.3 Å². The van der Waals surface area contributed by atoms with E-state index in [9.17, 15) is 17.6 Å². The lowest BCUT2D eigenvalue weighted by atomic mass is 9.78. The van der Waals surface area contributed by atoms with E-state index in [0.29, 0.717) is 36.1 Å². The number of benzene rings is 3. The van der Waals surface area contributed by atoms with E-state index in [2.05, 4.69) is 0 Å². The Morgan fingerprint density at radius 1 is 0.722 bits per heavy atom. The van der Waals surface area contributed by atoms with Crippen LogP contribution in [-0.2, 0) is 4.74 Å². The van der Waals surface area contributed by atoms with E-state index >= 15 is 0 Å². The van der Waals surface area contributed by atoms with Crippen molar-refractivity contribution in [2.24, 2.45) is 5.92 Å². The highest BCUT2D eigenvalue weighted by Crippen LogP contribution is 2.40. The summed E-state index contributed by atoms with van der Waals surface area (Å²) in [5.41, 5.74) is 2.75. The average molecular weight is 493 g/mol. The molecule has 1 heterocycles. The summed E-state index contributed by atoms with van der Waals surface area (Å²) in [6.07, 6.45) is 10.1. The van der Waals surface area contributed by atoms with Crippen molar-refractivity contribution in [2.45, 2.75) is 44.6 Å². The minimum absolute atomic E-state index is 0.0500. The molecule has 1 saturated heterocycles. The molecule has 0 amide bonds. The van der Waals surface area contributed by atoms with E-state index in [4.69, 9.17) is 4.74 Å². The molecule has 3 aromatic rings. The molecule has 5 heteroatoms. The minimum atomic E-state index is -0.868. The van der Waals surface area contributed by atoms with Crippen LogP contribution in [0.4, 0.5) is 17.6 Å². The third-order valence-corrected chi connectivity index (χ3v) is 7.27. The monoisotopic (exact) mass is 492 g/mol. The van der Waals surface area contributed by atoms with E-state index in [0.717, 1.165) is 18.4 Å². The van der Waals surface area contributed by atoms with Crippen LogP contribution in [0.5, 0.6) is 0 Å². The lowest BCUT2D eigenvalue weighted by molar-refractivity contribution is 0.361. The summed E-state index contributed by atoms with van der Waals surface area (Å²) >= 11 is 0. The quantitative estimate of drug-likeness (QED) is 0.247. The third-order valence-electron chi connectivity index (χ3n) is 7.27. The van der Waals surface area contributed by atoms with E-state index in [1.165, 1.54) is 0 Å². The van der Waals surface area contributed by atoms with Gasteiger partial charge in [0.15, 0.2) is 23.3 Å². The standard InChI is InChI=1S/C31H28F4O/c1-2-3-19-4-9-21(10-5-19)24-15-14-23(28(32)29(24)33)13-8-20-6-11-22(12-7-20)25-16-17-26(27-18-36-27)31(35)30(25)34/h2-5,8-10,13-17,20,22,27H,6-7,11-12,18H2,1H3/b3-2+,13-8+. The first-order valence-electron chi connectivity index (χ1n) is 12.4. The average Bonchev–Trinajstić information content (AvgIpc) is 3.73. The zero-order chi connectivity index (χ0) is 25.2. The number of rotatable bonds is 6. The van der Waals surface area contributed by atoms with Gasteiger partial charge in [-0.25, -0.2) is 17.6 Å². The van der Waals surface area contributed by atoms with E-state index in [1.807, 2.05) is 37.3 Å². The maximum Gasteiger partial charge on any atom is 0.167 e. The van der Waals surface area contributed by atoms with Gasteiger partial charge < -0.3 is 4.74 Å². The molecule has 1 unspecified atom stereocenters. The van der Waals surface area contributed by atoms with Crippen LogP contribution in [0.2, 0.25) is 0 Å². The molecular formula is C31H28F4O. The van der Waals surface area contributed by atoms with Crippen molar-refractivity contribution in [1.82, 2.24) is 0 Å². The van der Waals surface area contributed by atoms with E-state index in [-0.39, 0.29) is 29.1 Å². The highest BCUT2D eigenvalue weighted by atomic mass is 19.2. The van der Waals surface area contributed by atoms with E-state index < -0.39 is 23.3 Å². The largest absolute Gasteiger partial charge is 0.368 e. The zero-order valence-corrected chi connectivity index (χ0v) is 20.1. The molecule has 0 radical (unpaired) electrons. The van der Waals surface area contributed by atoms with Crippen LogP contribution in [0.3, 0.4) is 0 Å². The summed E-state index contributed by atoms with van der Waals surface area (Å²) in [5.74, 6) is -3.17. The Balaban J connectivity index is 1.24. The van der Waals surface area contributed by atoms with Crippen molar-refractivity contribution in [1.29, 1.82) is 0 Å². The van der Waals surface area contributed by atoms with Crippen LogP contribution in [0, 0.1) is 29.2 Å². The molecule has 3 aromatic carbocycles. The van der Waals surface area contributed by atoms with Gasteiger partial charge in [0.25, 0.3) is 0 Å². The SMILES string of the molecule is C/C=C/c1ccc(-c2ccc(/C=C/C3CCC(c4ccc(C5CO5)c(F)c4F)CC3)c(F)c2F)cc1. The lowest BCUT2D eigenvalue weighted by Gasteiger charge is -2.27. The van der Waals surface area contributed by atoms with Crippen LogP contribution < -0.4 is 0 Å². The summed E-state index contributed by atoms with van der Waals surface area (Å²) in [5, 5.41) is 0. The molecule has 1 aliphatic carbocycles. The van der Waals surface area contributed by atoms with Crippen molar-refractivity contribution in [3.63, 3.8) is 0 Å². The Kier molecular flexibility index (Phi) is 7.10. The molecular weight excluding hydrogens is 464 g/mol. The van der Waals surface area contributed by atoms with Crippen molar-refractivity contribution in [3.05, 3.63) is 106 Å². The minimum Gasteiger partial charge on any atom is -0.368 e. The van der Waals surface area contributed by atoms with Gasteiger partial charge >= 0.3 is 0 Å². The first-order chi connectivity index (χ1) is 17.5. The van der Waals surface area contributed by atoms with Gasteiger partial charge in [0, 0.05) is 16.7 Å². The van der Waals surface area contributed by atoms with Gasteiger partial charge in [0.1, 0.15) is 6.10 Å². The molecule has 1 aliphatic heterocycles. The molecule has 36 heavy (non-hydrogen) atoms. The zero-order valence-electron chi connectivity index (χ0n) is 20.1. The van der Waals surface area contributed by atoms with Crippen LogP contribution in [0.15, 0.2) is 60.7 Å². The molecule has 0 spiro atoms. The van der Waals surface area contributed by atoms with Crippen LogP contribution >= 0.6 is 0 Å². The highest BCUT2D eigenvalue weighted by molar-refractivity contribution is 5.68. The van der Waals surface area contributed by atoms with Gasteiger partial charge in [-0.15, -0.1) is 0 Å². The topological polar surface area (TPSA) is 12.5 Å². The number of halogens is 4. The predicted molar refractivity (Wildman–Crippen MR) is 135 cm³/mol. The number of epoxide rings is 1. The molecule has 1 nitrogen and oxygen atoms in total. The van der Waals surface area contributed by atoms with Gasteiger partial charge in [-0.3, -0.25) is 0 Å². The Labute approximate surface area is 209 Å². The fourth-order valence-electron chi connectivity index (χ4n) is 5.12. The second-order valence-corrected chi connectivity index (χ2v) is 9.62. The highest BCUT2D eigenvalue weighted by Gasteiger charge is 2.32. The van der Waals surface area contributed by atoms with Crippen LogP contribution in [-0.4, -0.2) is 6.61 Å². The molecule has 2 aliphatic rings. The molecule has 0 N–H and O–H groups in total. The summed E-state index contributed by atoms with van der Waals surface area (Å²) < 4.78 is 63.9. The molecule has 0 bridgehead atoms. The first-order valence-corrected chi connectivity index (χ1v) is 12.4. The molecule has 186 valence electrons. The Morgan fingerprint density at radius 3 is 2.06 bits per heavy atom. The molecule has 0 aromatic heterocycles. The van der Waals surface area contributed by atoms with Gasteiger partial charge in [-0.1, -0.05) is 72.8 Å². The maximum atomic E-state index is 14.9. The van der Waals surface area contributed by atoms with E-state index in [1.54, 1.807) is 42.5 Å². The fraction of sp³-hybridized carbons (Fsp3) is 0.290. The van der Waals surface area contributed by atoms with Gasteiger partial charge in [0.2, 0.25) is 0 Å². The molecule has 1 atom stereocenters. The summed E-state index contributed by atoms with van der Waals surface area (Å²) in [4.78, 5) is 0. The number of allylic oxidation sites excluding steroid dienone is 2. The molecule has 5 rings (SSSR count). The molecule has 1 saturated carbocycles.